The second-order valence-corrected chi connectivity index (χ2v) is 57.1. The molecular formula is C12H33Si5-. The van der Waals surface area contributed by atoms with Crippen LogP contribution in [0.4, 0.5) is 0 Å². The fourth-order valence-electron chi connectivity index (χ4n) is 4.69. The smallest absolute Gasteiger partial charge is 0.00319 e. The zero-order valence-electron chi connectivity index (χ0n) is 13.6. The molecule has 102 valence electrons. The average Bonchev–Trinajstić information content (AvgIpc) is 2.42. The molecular weight excluding hydrogens is 285 g/mol. The Labute approximate surface area is 114 Å². The van der Waals surface area contributed by atoms with Gasteiger partial charge in [-0.1, -0.05) is 71.4 Å². The monoisotopic (exact) mass is 317 g/mol. The van der Waals surface area contributed by atoms with Crippen LogP contribution in [0, 0.1) is 0 Å². The fraction of sp³-hybridized carbons (Fsp3) is 1.00. The second-order valence-electron chi connectivity index (χ2n) is 8.99. The highest BCUT2D eigenvalue weighted by Gasteiger charge is 2.53. The first-order valence-electron chi connectivity index (χ1n) is 7.21. The topological polar surface area (TPSA) is 0 Å². The second kappa shape index (κ2) is 4.57. The third-order valence-electron chi connectivity index (χ3n) is 4.96. The summed E-state index contributed by atoms with van der Waals surface area (Å²) in [6.07, 6.45) is 1.62. The average molecular weight is 318 g/mol. The van der Waals surface area contributed by atoms with Crippen molar-refractivity contribution in [3.8, 4) is 0 Å². The van der Waals surface area contributed by atoms with Crippen LogP contribution in [0.25, 0.3) is 0 Å². The minimum absolute atomic E-state index is 0.0612. The molecule has 0 bridgehead atoms. The quantitative estimate of drug-likeness (QED) is 0.664. The molecule has 1 heterocycles. The molecule has 1 aliphatic heterocycles. The van der Waals surface area contributed by atoms with Crippen molar-refractivity contribution in [3.63, 3.8) is 0 Å². The molecule has 1 saturated heterocycles. The summed E-state index contributed by atoms with van der Waals surface area (Å²) in [7, 11) is -2.59. The first-order valence-corrected chi connectivity index (χ1v) is 25.6. The van der Waals surface area contributed by atoms with E-state index < -0.39 is 29.4 Å². The van der Waals surface area contributed by atoms with Crippen LogP contribution in [0.1, 0.15) is 6.42 Å². The highest BCUT2D eigenvalue weighted by atomic mass is 30.0. The van der Waals surface area contributed by atoms with Crippen LogP contribution in [-0.4, -0.2) is 37.2 Å². The lowest BCUT2D eigenvalue weighted by atomic mass is 10.6. The Morgan fingerprint density at radius 3 is 1.41 bits per heavy atom. The standard InChI is InChI=1S/C12H33Si5/c1-14(2,3)13-11-10-12-17(13,15(4,5)6)16(7,8)9/h10-12H2,1-9H3/q-1. The number of hydrogen-bond acceptors (Lipinski definition) is 0. The summed E-state index contributed by atoms with van der Waals surface area (Å²) in [5, 5.41) is 0. The van der Waals surface area contributed by atoms with Gasteiger partial charge in [0.1, 0.15) is 0 Å². The van der Waals surface area contributed by atoms with Crippen LogP contribution in [0.2, 0.25) is 71.0 Å². The van der Waals surface area contributed by atoms with Crippen molar-refractivity contribution < 1.29 is 0 Å². The van der Waals surface area contributed by atoms with Crippen LogP contribution in [0.5, 0.6) is 0 Å². The van der Waals surface area contributed by atoms with Gasteiger partial charge in [0.2, 0.25) is 0 Å². The fourth-order valence-corrected chi connectivity index (χ4v) is 134. The van der Waals surface area contributed by atoms with E-state index in [1.165, 1.54) is 0 Å². The van der Waals surface area contributed by atoms with Gasteiger partial charge in [0, 0.05) is 15.2 Å². The van der Waals surface area contributed by atoms with E-state index in [9.17, 15) is 0 Å². The maximum atomic E-state index is 2.74. The van der Waals surface area contributed by atoms with Crippen molar-refractivity contribution >= 4 is 37.2 Å². The van der Waals surface area contributed by atoms with Crippen molar-refractivity contribution in [2.75, 3.05) is 0 Å². The lowest BCUT2D eigenvalue weighted by Crippen LogP contribution is -2.81. The molecule has 0 N–H and O–H groups in total. The van der Waals surface area contributed by atoms with Crippen LogP contribution >= 0.6 is 0 Å². The molecule has 0 unspecified atom stereocenters. The van der Waals surface area contributed by atoms with E-state index in [-0.39, 0.29) is 7.83 Å². The molecule has 0 aromatic rings. The summed E-state index contributed by atoms with van der Waals surface area (Å²) in [4.78, 5) is 0. The molecule has 0 aliphatic carbocycles. The summed E-state index contributed by atoms with van der Waals surface area (Å²) in [6, 6.07) is 3.46. The normalized spacial score (nSPS) is 23.1. The van der Waals surface area contributed by atoms with E-state index in [1.54, 1.807) is 18.5 Å². The van der Waals surface area contributed by atoms with Crippen molar-refractivity contribution in [1.29, 1.82) is 0 Å². The van der Waals surface area contributed by atoms with Gasteiger partial charge in [-0.2, -0.15) is 6.04 Å². The van der Waals surface area contributed by atoms with Crippen LogP contribution < -0.4 is 0 Å². The van der Waals surface area contributed by atoms with Gasteiger partial charge in [-0.3, -0.25) is 7.83 Å². The lowest BCUT2D eigenvalue weighted by Gasteiger charge is -2.64. The molecule has 5 heteroatoms. The Bertz CT molecular complexity index is 265. The Hall–Kier alpha value is 1.08. The molecule has 0 spiro atoms. The first-order chi connectivity index (χ1) is 7.34. The molecule has 17 heavy (non-hydrogen) atoms. The third kappa shape index (κ3) is 2.68. The van der Waals surface area contributed by atoms with E-state index in [2.05, 4.69) is 58.9 Å². The van der Waals surface area contributed by atoms with E-state index in [1.807, 2.05) is 0 Å². The van der Waals surface area contributed by atoms with E-state index >= 15 is 0 Å². The predicted octanol–water partition coefficient (Wildman–Crippen LogP) is 4.66. The van der Waals surface area contributed by atoms with Crippen molar-refractivity contribution in [2.45, 2.75) is 77.4 Å². The SMILES string of the molecule is C[Si](C)(C)[Si-]1CCC[Si]1([Si](C)(C)C)[Si](C)(C)C. The molecule has 0 aromatic heterocycles. The van der Waals surface area contributed by atoms with Gasteiger partial charge in [0.25, 0.3) is 0 Å². The molecule has 0 aromatic carbocycles. The van der Waals surface area contributed by atoms with Crippen molar-refractivity contribution in [3.05, 3.63) is 0 Å². The largest absolute Gasteiger partial charge is 0.258 e. The molecule has 0 saturated carbocycles. The summed E-state index contributed by atoms with van der Waals surface area (Å²) in [6.45, 7) is 23.7. The zero-order chi connectivity index (χ0) is 13.7. The third-order valence-corrected chi connectivity index (χ3v) is 90.0. The molecule has 1 fully saturated rings. The molecule has 0 atom stereocenters. The van der Waals surface area contributed by atoms with E-state index in [4.69, 9.17) is 0 Å². The van der Waals surface area contributed by atoms with Gasteiger partial charge in [-0.15, -0.1) is 14.2 Å². The summed E-state index contributed by atoms with van der Waals surface area (Å²) >= 11 is 0. The first kappa shape index (κ1) is 16.1. The lowest BCUT2D eigenvalue weighted by molar-refractivity contribution is 1.09. The molecule has 1 aliphatic rings. The Morgan fingerprint density at radius 2 is 1.18 bits per heavy atom. The maximum Gasteiger partial charge on any atom is 0.00319 e. The van der Waals surface area contributed by atoms with Gasteiger partial charge in [0.05, 0.1) is 0 Å². The van der Waals surface area contributed by atoms with E-state index in [0.717, 1.165) is 0 Å². The highest BCUT2D eigenvalue weighted by molar-refractivity contribution is 7.94. The van der Waals surface area contributed by atoms with Crippen LogP contribution in [0.3, 0.4) is 0 Å². The Kier molecular flexibility index (Phi) is 4.34. The molecule has 0 nitrogen and oxygen atoms in total. The molecule has 0 amide bonds. The Balaban J connectivity index is 3.34. The van der Waals surface area contributed by atoms with Crippen molar-refractivity contribution in [1.82, 2.24) is 0 Å². The zero-order valence-corrected chi connectivity index (χ0v) is 18.6. The van der Waals surface area contributed by atoms with Crippen LogP contribution in [-0.2, 0) is 0 Å². The minimum Gasteiger partial charge on any atom is -0.258 e. The van der Waals surface area contributed by atoms with Gasteiger partial charge < -0.3 is 0 Å². The number of hydrogen-bond donors (Lipinski definition) is 0. The Morgan fingerprint density at radius 1 is 0.765 bits per heavy atom. The summed E-state index contributed by atoms with van der Waals surface area (Å²) < 4.78 is 0. The predicted molar refractivity (Wildman–Crippen MR) is 95.8 cm³/mol. The van der Waals surface area contributed by atoms with E-state index in [0.29, 0.717) is 0 Å². The number of rotatable bonds is 3. The van der Waals surface area contributed by atoms with Crippen molar-refractivity contribution in [2.24, 2.45) is 0 Å². The highest BCUT2D eigenvalue weighted by Crippen LogP contribution is 2.45. The van der Waals surface area contributed by atoms with Gasteiger partial charge in [0.15, 0.2) is 0 Å². The summed E-state index contributed by atoms with van der Waals surface area (Å²) in [5.41, 5.74) is 0. The minimum atomic E-state index is -0.902. The summed E-state index contributed by atoms with van der Waals surface area (Å²) in [5.74, 6) is 0. The molecule has 1 rings (SSSR count). The van der Waals surface area contributed by atoms with Gasteiger partial charge >= 0.3 is 0 Å². The maximum absolute atomic E-state index is 2.74. The molecule has 0 radical (unpaired) electrons. The van der Waals surface area contributed by atoms with Gasteiger partial charge in [-0.25, -0.2) is 0 Å². The van der Waals surface area contributed by atoms with Gasteiger partial charge in [-0.05, 0) is 0 Å². The van der Waals surface area contributed by atoms with Crippen LogP contribution in [0.15, 0.2) is 0 Å².